The third kappa shape index (κ3) is 3.87. The van der Waals surface area contributed by atoms with E-state index >= 15 is 0 Å². The first-order chi connectivity index (χ1) is 11.7. The van der Waals surface area contributed by atoms with E-state index < -0.39 is 5.41 Å². The molecule has 1 saturated heterocycles. The van der Waals surface area contributed by atoms with E-state index in [1.165, 1.54) is 11.3 Å². The number of carbonyl (C=O) groups is 2. The largest absolute Gasteiger partial charge is 0.312 e. The topological polar surface area (TPSA) is 75.2 Å². The van der Waals surface area contributed by atoms with Gasteiger partial charge in [-0.05, 0) is 19.1 Å². The van der Waals surface area contributed by atoms with Crippen molar-refractivity contribution in [3.63, 3.8) is 0 Å². The van der Waals surface area contributed by atoms with Gasteiger partial charge in [0.1, 0.15) is 5.01 Å². The average Bonchev–Trinajstić information content (AvgIpc) is 3.14. The fourth-order valence-electron chi connectivity index (χ4n) is 2.58. The summed E-state index contributed by atoms with van der Waals surface area (Å²) in [7, 11) is 0. The lowest BCUT2D eigenvalue weighted by Crippen LogP contribution is -2.27. The molecule has 0 aliphatic carbocycles. The molecule has 1 atom stereocenters. The minimum atomic E-state index is -0.489. The van der Waals surface area contributed by atoms with Gasteiger partial charge in [-0.15, -0.1) is 10.2 Å². The van der Waals surface area contributed by atoms with Crippen LogP contribution in [0.25, 0.3) is 0 Å². The maximum atomic E-state index is 12.4. The van der Waals surface area contributed by atoms with E-state index in [1.807, 2.05) is 52.0 Å². The number of hydrogen-bond donors (Lipinski definition) is 1. The van der Waals surface area contributed by atoms with E-state index in [0.29, 0.717) is 18.1 Å². The van der Waals surface area contributed by atoms with E-state index in [4.69, 9.17) is 0 Å². The van der Waals surface area contributed by atoms with Gasteiger partial charge in [-0.2, -0.15) is 0 Å². The van der Waals surface area contributed by atoms with E-state index in [0.717, 1.165) is 16.3 Å². The minimum absolute atomic E-state index is 0.00610. The Morgan fingerprint density at radius 1 is 1.24 bits per heavy atom. The van der Waals surface area contributed by atoms with Gasteiger partial charge < -0.3 is 10.2 Å². The molecule has 1 aromatic carbocycles. The number of rotatable bonds is 3. The Morgan fingerprint density at radius 3 is 2.56 bits per heavy atom. The van der Waals surface area contributed by atoms with Gasteiger partial charge in [-0.1, -0.05) is 49.8 Å². The standard InChI is InChI=1S/C18H22N4O2S/c1-11-5-7-13(8-6-11)22-10-12(9-14(22)23)15-20-21-17(25-15)19-16(24)18(2,3)4/h5-8,12H,9-10H2,1-4H3,(H,19,21,24)/t12-/m1/s1. The summed E-state index contributed by atoms with van der Waals surface area (Å²) >= 11 is 1.34. The Bertz CT molecular complexity index is 792. The van der Waals surface area contributed by atoms with Gasteiger partial charge in [0.05, 0.1) is 0 Å². The van der Waals surface area contributed by atoms with Crippen molar-refractivity contribution in [3.8, 4) is 0 Å². The molecule has 0 bridgehead atoms. The van der Waals surface area contributed by atoms with Crippen molar-refractivity contribution in [2.24, 2.45) is 5.41 Å². The van der Waals surface area contributed by atoms with E-state index in [-0.39, 0.29) is 17.7 Å². The quantitative estimate of drug-likeness (QED) is 0.913. The molecule has 25 heavy (non-hydrogen) atoms. The molecule has 1 aliphatic rings. The molecule has 0 saturated carbocycles. The van der Waals surface area contributed by atoms with Crippen LogP contribution in [0.3, 0.4) is 0 Å². The van der Waals surface area contributed by atoms with Crippen LogP contribution in [-0.2, 0) is 9.59 Å². The summed E-state index contributed by atoms with van der Waals surface area (Å²) in [6.45, 7) is 8.15. The molecular formula is C18H22N4O2S. The Kier molecular flexibility index (Phi) is 4.60. The Hall–Kier alpha value is -2.28. The Morgan fingerprint density at radius 2 is 1.92 bits per heavy atom. The lowest BCUT2D eigenvalue weighted by molar-refractivity contribution is -0.123. The van der Waals surface area contributed by atoms with Crippen LogP contribution in [0.4, 0.5) is 10.8 Å². The van der Waals surface area contributed by atoms with E-state index in [9.17, 15) is 9.59 Å². The molecule has 0 spiro atoms. The number of nitrogens with one attached hydrogen (secondary N) is 1. The number of nitrogens with zero attached hydrogens (tertiary/aromatic N) is 3. The van der Waals surface area contributed by atoms with Gasteiger partial charge in [0.2, 0.25) is 16.9 Å². The summed E-state index contributed by atoms with van der Waals surface area (Å²) in [6, 6.07) is 7.93. The van der Waals surface area contributed by atoms with Gasteiger partial charge in [-0.3, -0.25) is 9.59 Å². The number of aryl methyl sites for hydroxylation is 1. The lowest BCUT2D eigenvalue weighted by Gasteiger charge is -2.16. The number of amides is 2. The minimum Gasteiger partial charge on any atom is -0.312 e. The zero-order valence-electron chi connectivity index (χ0n) is 14.9. The van der Waals surface area contributed by atoms with Crippen LogP contribution >= 0.6 is 11.3 Å². The third-order valence-electron chi connectivity index (χ3n) is 4.16. The summed E-state index contributed by atoms with van der Waals surface area (Å²) < 4.78 is 0. The molecule has 2 aromatic rings. The SMILES string of the molecule is Cc1ccc(N2C[C@H](c3nnc(NC(=O)C(C)(C)C)s3)CC2=O)cc1. The maximum Gasteiger partial charge on any atom is 0.231 e. The molecule has 0 unspecified atom stereocenters. The van der Waals surface area contributed by atoms with Gasteiger partial charge >= 0.3 is 0 Å². The van der Waals surface area contributed by atoms with Crippen LogP contribution in [0.1, 0.15) is 43.7 Å². The molecule has 2 amide bonds. The highest BCUT2D eigenvalue weighted by molar-refractivity contribution is 7.15. The number of hydrogen-bond acceptors (Lipinski definition) is 5. The second kappa shape index (κ2) is 6.55. The lowest BCUT2D eigenvalue weighted by atomic mass is 9.96. The van der Waals surface area contributed by atoms with Crippen LogP contribution in [0.2, 0.25) is 0 Å². The highest BCUT2D eigenvalue weighted by Gasteiger charge is 2.34. The van der Waals surface area contributed by atoms with Crippen molar-refractivity contribution in [2.75, 3.05) is 16.8 Å². The molecule has 7 heteroatoms. The number of anilines is 2. The van der Waals surface area contributed by atoms with Crippen molar-refractivity contribution >= 4 is 34.0 Å². The second-order valence-electron chi connectivity index (χ2n) is 7.39. The van der Waals surface area contributed by atoms with Crippen molar-refractivity contribution in [1.29, 1.82) is 0 Å². The number of aromatic nitrogens is 2. The zero-order valence-corrected chi connectivity index (χ0v) is 15.7. The molecule has 3 rings (SSSR count). The van der Waals surface area contributed by atoms with Crippen LogP contribution in [-0.4, -0.2) is 28.6 Å². The second-order valence-corrected chi connectivity index (χ2v) is 8.40. The first-order valence-electron chi connectivity index (χ1n) is 8.26. The number of benzene rings is 1. The van der Waals surface area contributed by atoms with Crippen LogP contribution in [0.15, 0.2) is 24.3 Å². The normalized spacial score (nSPS) is 17.8. The van der Waals surface area contributed by atoms with E-state index in [2.05, 4.69) is 15.5 Å². The molecule has 6 nitrogen and oxygen atoms in total. The zero-order chi connectivity index (χ0) is 18.2. The van der Waals surface area contributed by atoms with Crippen molar-refractivity contribution < 1.29 is 9.59 Å². The van der Waals surface area contributed by atoms with E-state index in [1.54, 1.807) is 4.90 Å². The summed E-state index contributed by atoms with van der Waals surface area (Å²) in [5, 5.41) is 12.3. The summed E-state index contributed by atoms with van der Waals surface area (Å²) in [4.78, 5) is 26.2. The van der Waals surface area contributed by atoms with Crippen LogP contribution in [0, 0.1) is 12.3 Å². The summed E-state index contributed by atoms with van der Waals surface area (Å²) in [5.74, 6) is -0.00472. The van der Waals surface area contributed by atoms with Gasteiger partial charge in [0.15, 0.2) is 0 Å². The highest BCUT2D eigenvalue weighted by Crippen LogP contribution is 2.34. The van der Waals surface area contributed by atoms with Crippen molar-refractivity contribution in [2.45, 2.75) is 40.0 Å². The fraction of sp³-hybridized carbons (Fsp3) is 0.444. The third-order valence-corrected chi connectivity index (χ3v) is 5.16. The molecule has 1 fully saturated rings. The molecule has 1 N–H and O–H groups in total. The van der Waals surface area contributed by atoms with Gasteiger partial charge in [-0.25, -0.2) is 0 Å². The molecule has 1 aliphatic heterocycles. The van der Waals surface area contributed by atoms with Gasteiger partial charge in [0.25, 0.3) is 0 Å². The maximum absolute atomic E-state index is 12.4. The molecule has 0 radical (unpaired) electrons. The van der Waals surface area contributed by atoms with Crippen LogP contribution in [0.5, 0.6) is 0 Å². The first-order valence-corrected chi connectivity index (χ1v) is 9.07. The van der Waals surface area contributed by atoms with Crippen LogP contribution < -0.4 is 10.2 Å². The Labute approximate surface area is 151 Å². The first kappa shape index (κ1) is 17.5. The van der Waals surface area contributed by atoms with Crippen molar-refractivity contribution in [3.05, 3.63) is 34.8 Å². The summed E-state index contributed by atoms with van der Waals surface area (Å²) in [6.07, 6.45) is 0.412. The molecule has 1 aromatic heterocycles. The Balaban J connectivity index is 1.70. The molecule has 132 valence electrons. The molecular weight excluding hydrogens is 336 g/mol. The van der Waals surface area contributed by atoms with Crippen molar-refractivity contribution in [1.82, 2.24) is 10.2 Å². The fourth-order valence-corrected chi connectivity index (χ4v) is 3.41. The predicted octanol–water partition coefficient (Wildman–Crippen LogP) is 3.35. The predicted molar refractivity (Wildman–Crippen MR) is 98.9 cm³/mol. The summed E-state index contributed by atoms with van der Waals surface area (Å²) in [5.41, 5.74) is 1.58. The number of carbonyl (C=O) groups excluding carboxylic acids is 2. The molecule has 2 heterocycles. The highest BCUT2D eigenvalue weighted by atomic mass is 32.1. The van der Waals surface area contributed by atoms with Gasteiger partial charge in [0, 0.05) is 30.0 Å². The average molecular weight is 358 g/mol. The monoisotopic (exact) mass is 358 g/mol. The smallest absolute Gasteiger partial charge is 0.231 e.